The molecule has 166 valence electrons. The van der Waals surface area contributed by atoms with E-state index in [2.05, 4.69) is 24.1 Å². The molecule has 1 aliphatic heterocycles. The molecule has 0 saturated heterocycles. The number of hydrogen-bond donors (Lipinski definition) is 2. The van der Waals surface area contributed by atoms with Crippen LogP contribution in [-0.4, -0.2) is 34.1 Å². The first-order chi connectivity index (χ1) is 14.0. The fourth-order valence-electron chi connectivity index (χ4n) is 3.94. The first-order valence-corrected chi connectivity index (χ1v) is 11.8. The summed E-state index contributed by atoms with van der Waals surface area (Å²) >= 11 is 0. The number of quaternary nitrogens is 1. The number of carboxylic acids is 1. The molecule has 1 heterocycles. The third kappa shape index (κ3) is 10.2. The monoisotopic (exact) mass is 406 g/mol. The summed E-state index contributed by atoms with van der Waals surface area (Å²) in [6, 6.07) is 0. The molecule has 0 amide bonds. The molecule has 0 aromatic heterocycles. The van der Waals surface area contributed by atoms with Crippen molar-refractivity contribution in [3.63, 3.8) is 0 Å². The fraction of sp³-hybridized carbons (Fsp3) is 0.750. The predicted molar refractivity (Wildman–Crippen MR) is 122 cm³/mol. The van der Waals surface area contributed by atoms with Crippen LogP contribution in [0.15, 0.2) is 29.5 Å². The maximum Gasteiger partial charge on any atom is 0.360 e. The summed E-state index contributed by atoms with van der Waals surface area (Å²) in [4.78, 5) is 15.7. The SMILES string of the molecule is CCCCCC/C=C/CCCCCCCCCC1=NC=C[N+]1(CC(=O)O)C(C)N. The summed E-state index contributed by atoms with van der Waals surface area (Å²) in [6.07, 6.45) is 25.3. The van der Waals surface area contributed by atoms with Crippen LogP contribution in [0.25, 0.3) is 0 Å². The lowest BCUT2D eigenvalue weighted by molar-refractivity contribution is -0.805. The van der Waals surface area contributed by atoms with Crippen molar-refractivity contribution in [2.75, 3.05) is 6.54 Å². The van der Waals surface area contributed by atoms with Gasteiger partial charge in [0.1, 0.15) is 12.4 Å². The Labute approximate surface area is 178 Å². The maximum absolute atomic E-state index is 11.3. The zero-order valence-electron chi connectivity index (χ0n) is 18.8. The number of nitrogens with zero attached hydrogens (tertiary/aromatic N) is 2. The lowest BCUT2D eigenvalue weighted by atomic mass is 10.1. The van der Waals surface area contributed by atoms with Gasteiger partial charge in [-0.15, -0.1) is 0 Å². The Morgan fingerprint density at radius 2 is 1.59 bits per heavy atom. The predicted octanol–water partition coefficient (Wildman–Crippen LogP) is 6.11. The van der Waals surface area contributed by atoms with Gasteiger partial charge in [-0.2, -0.15) is 0 Å². The molecule has 2 unspecified atom stereocenters. The quantitative estimate of drug-likeness (QED) is 0.164. The van der Waals surface area contributed by atoms with Gasteiger partial charge in [0.15, 0.2) is 6.54 Å². The van der Waals surface area contributed by atoms with Gasteiger partial charge >= 0.3 is 5.97 Å². The van der Waals surface area contributed by atoms with E-state index < -0.39 is 5.97 Å². The number of allylic oxidation sites excluding steroid dienone is 2. The van der Waals surface area contributed by atoms with Gasteiger partial charge in [0, 0.05) is 13.3 Å². The zero-order chi connectivity index (χ0) is 21.4. The van der Waals surface area contributed by atoms with Crippen LogP contribution in [0, 0.1) is 0 Å². The Bertz CT molecular complexity index is 540. The summed E-state index contributed by atoms with van der Waals surface area (Å²) in [6.45, 7) is 4.09. The molecule has 0 aromatic carbocycles. The van der Waals surface area contributed by atoms with Crippen LogP contribution in [0.5, 0.6) is 0 Å². The maximum atomic E-state index is 11.3. The third-order valence-corrected chi connectivity index (χ3v) is 5.82. The summed E-state index contributed by atoms with van der Waals surface area (Å²) < 4.78 is 0.168. The van der Waals surface area contributed by atoms with Crippen molar-refractivity contribution in [1.82, 2.24) is 0 Å². The van der Waals surface area contributed by atoms with Crippen molar-refractivity contribution in [2.24, 2.45) is 10.7 Å². The summed E-state index contributed by atoms with van der Waals surface area (Å²) in [5.74, 6) is 0.0526. The first kappa shape index (κ1) is 25.6. The molecule has 0 bridgehead atoms. The van der Waals surface area contributed by atoms with E-state index >= 15 is 0 Å². The van der Waals surface area contributed by atoms with E-state index in [9.17, 15) is 9.90 Å². The Hall–Kier alpha value is -1.46. The smallest absolute Gasteiger partial charge is 0.360 e. The molecule has 5 heteroatoms. The highest BCUT2D eigenvalue weighted by atomic mass is 16.4. The molecular formula is C24H44N3O2+. The van der Waals surface area contributed by atoms with Crippen LogP contribution in [0.3, 0.4) is 0 Å². The molecule has 1 rings (SSSR count). The van der Waals surface area contributed by atoms with Gasteiger partial charge in [-0.1, -0.05) is 70.4 Å². The summed E-state index contributed by atoms with van der Waals surface area (Å²) in [7, 11) is 0. The number of carboxylic acid groups (broad SMARTS) is 1. The topological polar surface area (TPSA) is 75.7 Å². The number of rotatable bonds is 18. The minimum absolute atomic E-state index is 0.0276. The average molecular weight is 407 g/mol. The molecule has 29 heavy (non-hydrogen) atoms. The second-order valence-corrected chi connectivity index (χ2v) is 8.40. The number of amidine groups is 1. The largest absolute Gasteiger partial charge is 0.477 e. The highest BCUT2D eigenvalue weighted by Crippen LogP contribution is 2.23. The van der Waals surface area contributed by atoms with Crippen LogP contribution < -0.4 is 5.73 Å². The number of hydrogen-bond acceptors (Lipinski definition) is 3. The molecule has 1 aliphatic rings. The van der Waals surface area contributed by atoms with Crippen molar-refractivity contribution in [3.05, 3.63) is 24.6 Å². The van der Waals surface area contributed by atoms with Crippen LogP contribution in [0.2, 0.25) is 0 Å². The van der Waals surface area contributed by atoms with Gasteiger partial charge < -0.3 is 5.11 Å². The Balaban J connectivity index is 2.04. The van der Waals surface area contributed by atoms with Gasteiger partial charge in [-0.05, 0) is 32.1 Å². The minimum Gasteiger partial charge on any atom is -0.477 e. The molecule has 0 aromatic rings. The van der Waals surface area contributed by atoms with E-state index in [0.717, 1.165) is 18.7 Å². The van der Waals surface area contributed by atoms with Gasteiger partial charge in [0.2, 0.25) is 5.84 Å². The first-order valence-electron chi connectivity index (χ1n) is 11.8. The Morgan fingerprint density at radius 3 is 2.14 bits per heavy atom. The lowest BCUT2D eigenvalue weighted by Gasteiger charge is -2.34. The fourth-order valence-corrected chi connectivity index (χ4v) is 3.94. The highest BCUT2D eigenvalue weighted by molar-refractivity contribution is 5.81. The summed E-state index contributed by atoms with van der Waals surface area (Å²) in [5.41, 5.74) is 6.10. The minimum atomic E-state index is -0.840. The average Bonchev–Trinajstić information content (AvgIpc) is 3.08. The molecule has 2 atom stereocenters. The number of aliphatic imine (C=N–C) groups is 1. The molecule has 3 N–H and O–H groups in total. The lowest BCUT2D eigenvalue weighted by Crippen LogP contribution is -2.59. The van der Waals surface area contributed by atoms with Gasteiger partial charge in [0.25, 0.3) is 0 Å². The Kier molecular flexibility index (Phi) is 13.6. The Morgan fingerprint density at radius 1 is 1.03 bits per heavy atom. The van der Waals surface area contributed by atoms with E-state index in [1.165, 1.54) is 77.0 Å². The van der Waals surface area contributed by atoms with Crippen molar-refractivity contribution < 1.29 is 14.4 Å². The van der Waals surface area contributed by atoms with E-state index in [1.807, 2.05) is 13.1 Å². The molecule has 0 saturated carbocycles. The second kappa shape index (κ2) is 15.4. The molecule has 0 fully saturated rings. The molecular weight excluding hydrogens is 362 g/mol. The summed E-state index contributed by atoms with van der Waals surface area (Å²) in [5, 5.41) is 9.25. The van der Waals surface area contributed by atoms with Crippen molar-refractivity contribution in [1.29, 1.82) is 0 Å². The van der Waals surface area contributed by atoms with E-state index in [0.29, 0.717) is 0 Å². The number of unbranched alkanes of at least 4 members (excludes halogenated alkanes) is 11. The van der Waals surface area contributed by atoms with Crippen molar-refractivity contribution in [2.45, 2.75) is 110 Å². The molecule has 0 radical (unpaired) electrons. The molecule has 0 aliphatic carbocycles. The van der Waals surface area contributed by atoms with Crippen molar-refractivity contribution in [3.8, 4) is 0 Å². The highest BCUT2D eigenvalue weighted by Gasteiger charge is 2.40. The number of aliphatic carboxylic acids is 1. The van der Waals surface area contributed by atoms with Gasteiger partial charge in [-0.3, -0.25) is 5.73 Å². The van der Waals surface area contributed by atoms with Gasteiger partial charge in [0.05, 0.1) is 6.20 Å². The zero-order valence-corrected chi connectivity index (χ0v) is 18.8. The number of carbonyl (C=O) groups is 1. The molecule has 0 spiro atoms. The van der Waals surface area contributed by atoms with Crippen LogP contribution in [0.4, 0.5) is 0 Å². The van der Waals surface area contributed by atoms with Crippen LogP contribution in [-0.2, 0) is 4.79 Å². The van der Waals surface area contributed by atoms with Crippen LogP contribution in [0.1, 0.15) is 104 Å². The second-order valence-electron chi connectivity index (χ2n) is 8.40. The van der Waals surface area contributed by atoms with E-state index in [4.69, 9.17) is 5.73 Å². The van der Waals surface area contributed by atoms with E-state index in [-0.39, 0.29) is 17.2 Å². The standard InChI is InChI=1S/C24H43N3O2/c1-3-4-5-6-7-8-9-10-11-12-13-14-15-16-17-18-23-26-19-20-27(23,22(2)25)21-24(28)29/h8-9,19-20,22H,3-7,10-18,21,25H2,1-2H3/p+1/b9-8+. The van der Waals surface area contributed by atoms with Crippen LogP contribution >= 0.6 is 0 Å². The normalized spacial score (nSPS) is 19.8. The van der Waals surface area contributed by atoms with E-state index in [1.54, 1.807) is 6.20 Å². The molecule has 5 nitrogen and oxygen atoms in total. The number of nitrogens with two attached hydrogens (primary N) is 1. The van der Waals surface area contributed by atoms with Crippen molar-refractivity contribution >= 4 is 11.8 Å². The van der Waals surface area contributed by atoms with Gasteiger partial charge in [-0.25, -0.2) is 14.3 Å². The third-order valence-electron chi connectivity index (χ3n) is 5.82.